The molecule has 0 spiro atoms. The lowest BCUT2D eigenvalue weighted by molar-refractivity contribution is 0.205. The molecule has 1 rings (SSSR count). The molecule has 1 aliphatic heterocycles. The topological polar surface area (TPSA) is 59.3 Å². The summed E-state index contributed by atoms with van der Waals surface area (Å²) >= 11 is 0. The van der Waals surface area contributed by atoms with E-state index in [9.17, 15) is 0 Å². The molecule has 0 aromatic heterocycles. The number of hydrogen-bond acceptors (Lipinski definition) is 4. The van der Waals surface area contributed by atoms with E-state index < -0.39 is 0 Å². The molecule has 0 bridgehead atoms. The fraction of sp³-hybridized carbons (Fsp3) is 0.900. The van der Waals surface area contributed by atoms with Crippen LogP contribution >= 0.6 is 0 Å². The number of aliphatic hydroxyl groups excluding tert-OH is 1. The Morgan fingerprint density at radius 3 is 3.14 bits per heavy atom. The van der Waals surface area contributed by atoms with Crippen LogP contribution in [0.4, 0.5) is 0 Å². The average molecular weight is 197 g/mol. The van der Waals surface area contributed by atoms with Gasteiger partial charge < -0.3 is 10.4 Å². The van der Waals surface area contributed by atoms with Gasteiger partial charge in [-0.05, 0) is 32.4 Å². The van der Waals surface area contributed by atoms with Crippen LogP contribution in [0, 0.1) is 11.3 Å². The third-order valence-corrected chi connectivity index (χ3v) is 2.57. The number of nitriles is 1. The van der Waals surface area contributed by atoms with Gasteiger partial charge in [-0.2, -0.15) is 5.26 Å². The molecule has 2 N–H and O–H groups in total. The van der Waals surface area contributed by atoms with Crippen molar-refractivity contribution in [1.82, 2.24) is 10.2 Å². The van der Waals surface area contributed by atoms with Gasteiger partial charge in [0.2, 0.25) is 0 Å². The maximum atomic E-state index is 8.64. The lowest BCUT2D eigenvalue weighted by Gasteiger charge is -2.31. The van der Waals surface area contributed by atoms with Crippen molar-refractivity contribution in [2.24, 2.45) is 0 Å². The van der Waals surface area contributed by atoms with E-state index in [-0.39, 0.29) is 6.61 Å². The molecule has 1 heterocycles. The minimum atomic E-state index is 0.252. The van der Waals surface area contributed by atoms with Gasteiger partial charge in [0, 0.05) is 19.2 Å². The van der Waals surface area contributed by atoms with E-state index in [1.165, 1.54) is 12.8 Å². The maximum Gasteiger partial charge on any atom is 0.0866 e. The summed E-state index contributed by atoms with van der Waals surface area (Å²) in [5.41, 5.74) is 0. The van der Waals surface area contributed by atoms with Gasteiger partial charge in [-0.3, -0.25) is 4.90 Å². The van der Waals surface area contributed by atoms with Gasteiger partial charge in [-0.25, -0.2) is 0 Å². The molecule has 1 unspecified atom stereocenters. The first-order valence-corrected chi connectivity index (χ1v) is 5.30. The number of rotatable bonds is 5. The standard InChI is InChI=1S/C10H19N3O/c11-4-7-13-6-1-3-10(9-13)12-5-2-8-14/h10,12,14H,1-3,5-9H2. The highest BCUT2D eigenvalue weighted by Gasteiger charge is 2.18. The van der Waals surface area contributed by atoms with Crippen molar-refractivity contribution in [2.75, 3.05) is 32.8 Å². The molecule has 0 aromatic carbocycles. The Morgan fingerprint density at radius 2 is 2.43 bits per heavy atom. The van der Waals surface area contributed by atoms with Gasteiger partial charge in [-0.1, -0.05) is 0 Å². The monoisotopic (exact) mass is 197 g/mol. The molecule has 1 saturated heterocycles. The second kappa shape index (κ2) is 6.77. The summed E-state index contributed by atoms with van der Waals surface area (Å²) in [6.45, 7) is 3.69. The van der Waals surface area contributed by atoms with Crippen molar-refractivity contribution in [3.05, 3.63) is 0 Å². The number of piperidine rings is 1. The zero-order valence-corrected chi connectivity index (χ0v) is 8.58. The van der Waals surface area contributed by atoms with Crippen LogP contribution in [0.25, 0.3) is 0 Å². The summed E-state index contributed by atoms with van der Waals surface area (Å²) in [7, 11) is 0. The first-order valence-electron chi connectivity index (χ1n) is 5.30. The van der Waals surface area contributed by atoms with Crippen LogP contribution in [0.2, 0.25) is 0 Å². The van der Waals surface area contributed by atoms with Crippen LogP contribution in [0.1, 0.15) is 19.3 Å². The summed E-state index contributed by atoms with van der Waals surface area (Å²) in [5.74, 6) is 0. The third kappa shape index (κ3) is 4.05. The molecule has 0 aliphatic carbocycles. The highest BCUT2D eigenvalue weighted by atomic mass is 16.3. The van der Waals surface area contributed by atoms with E-state index in [2.05, 4.69) is 16.3 Å². The zero-order chi connectivity index (χ0) is 10.2. The molecule has 1 aliphatic rings. The molecule has 14 heavy (non-hydrogen) atoms. The van der Waals surface area contributed by atoms with Gasteiger partial charge in [-0.15, -0.1) is 0 Å². The van der Waals surface area contributed by atoms with E-state index in [0.717, 1.165) is 26.1 Å². The van der Waals surface area contributed by atoms with Crippen molar-refractivity contribution < 1.29 is 5.11 Å². The zero-order valence-electron chi connectivity index (χ0n) is 8.58. The van der Waals surface area contributed by atoms with Crippen molar-refractivity contribution in [2.45, 2.75) is 25.3 Å². The van der Waals surface area contributed by atoms with Gasteiger partial charge in [0.15, 0.2) is 0 Å². The van der Waals surface area contributed by atoms with Gasteiger partial charge in [0.05, 0.1) is 12.6 Å². The van der Waals surface area contributed by atoms with Crippen molar-refractivity contribution >= 4 is 0 Å². The summed E-state index contributed by atoms with van der Waals surface area (Å²) < 4.78 is 0. The summed E-state index contributed by atoms with van der Waals surface area (Å²) in [6, 6.07) is 2.69. The number of aliphatic hydroxyl groups is 1. The maximum absolute atomic E-state index is 8.64. The normalized spacial score (nSPS) is 23.3. The largest absolute Gasteiger partial charge is 0.396 e. The number of nitrogens with one attached hydrogen (secondary N) is 1. The van der Waals surface area contributed by atoms with E-state index in [4.69, 9.17) is 10.4 Å². The lowest BCUT2D eigenvalue weighted by atomic mass is 10.1. The molecule has 0 amide bonds. The molecular formula is C10H19N3O. The van der Waals surface area contributed by atoms with Crippen LogP contribution in [-0.2, 0) is 0 Å². The van der Waals surface area contributed by atoms with Crippen molar-refractivity contribution in [1.29, 1.82) is 5.26 Å². The number of hydrogen-bond donors (Lipinski definition) is 2. The van der Waals surface area contributed by atoms with Crippen LogP contribution < -0.4 is 5.32 Å². The molecule has 4 nitrogen and oxygen atoms in total. The Kier molecular flexibility index (Phi) is 5.53. The second-order valence-electron chi connectivity index (χ2n) is 3.76. The lowest BCUT2D eigenvalue weighted by Crippen LogP contribution is -2.46. The van der Waals surface area contributed by atoms with Gasteiger partial charge in [0.1, 0.15) is 0 Å². The second-order valence-corrected chi connectivity index (χ2v) is 3.76. The fourth-order valence-electron chi connectivity index (χ4n) is 1.85. The first-order chi connectivity index (χ1) is 6.86. The fourth-order valence-corrected chi connectivity index (χ4v) is 1.85. The molecule has 1 fully saturated rings. The molecule has 0 radical (unpaired) electrons. The highest BCUT2D eigenvalue weighted by molar-refractivity contribution is 4.84. The van der Waals surface area contributed by atoms with E-state index in [0.29, 0.717) is 12.6 Å². The Morgan fingerprint density at radius 1 is 1.57 bits per heavy atom. The molecule has 4 heteroatoms. The molecule has 0 saturated carbocycles. The van der Waals surface area contributed by atoms with Crippen LogP contribution in [0.5, 0.6) is 0 Å². The van der Waals surface area contributed by atoms with E-state index in [1.54, 1.807) is 0 Å². The number of likely N-dealkylation sites (tertiary alicyclic amines) is 1. The molecular weight excluding hydrogens is 178 g/mol. The summed E-state index contributed by atoms with van der Waals surface area (Å²) in [6.07, 6.45) is 3.17. The highest BCUT2D eigenvalue weighted by Crippen LogP contribution is 2.09. The Labute approximate surface area is 85.5 Å². The van der Waals surface area contributed by atoms with E-state index in [1.807, 2.05) is 0 Å². The van der Waals surface area contributed by atoms with E-state index >= 15 is 0 Å². The average Bonchev–Trinajstić information content (AvgIpc) is 2.19. The predicted octanol–water partition coefficient (Wildman–Crippen LogP) is -0.0536. The third-order valence-electron chi connectivity index (χ3n) is 2.57. The van der Waals surface area contributed by atoms with Crippen molar-refractivity contribution in [3.8, 4) is 6.07 Å². The SMILES string of the molecule is N#CCN1CCCC(NCCCO)C1. The Bertz CT molecular complexity index is 190. The summed E-state index contributed by atoms with van der Waals surface area (Å²) in [4.78, 5) is 2.18. The van der Waals surface area contributed by atoms with Crippen molar-refractivity contribution in [3.63, 3.8) is 0 Å². The van der Waals surface area contributed by atoms with Crippen LogP contribution in [-0.4, -0.2) is 48.8 Å². The molecule has 0 aromatic rings. The minimum absolute atomic E-state index is 0.252. The minimum Gasteiger partial charge on any atom is -0.396 e. The summed E-state index contributed by atoms with van der Waals surface area (Å²) in [5, 5.41) is 20.6. The molecule has 1 atom stereocenters. The smallest absolute Gasteiger partial charge is 0.0866 e. The Hall–Kier alpha value is -0.630. The number of nitrogens with zero attached hydrogens (tertiary/aromatic N) is 2. The van der Waals surface area contributed by atoms with Gasteiger partial charge >= 0.3 is 0 Å². The van der Waals surface area contributed by atoms with Gasteiger partial charge in [0.25, 0.3) is 0 Å². The molecule has 80 valence electrons. The van der Waals surface area contributed by atoms with Crippen LogP contribution in [0.15, 0.2) is 0 Å². The quantitative estimate of drug-likeness (QED) is 0.479. The predicted molar refractivity (Wildman–Crippen MR) is 54.8 cm³/mol. The Balaban J connectivity index is 2.16. The van der Waals surface area contributed by atoms with Crippen LogP contribution in [0.3, 0.4) is 0 Å². The first kappa shape index (κ1) is 11.4.